The fourth-order valence-electron chi connectivity index (χ4n) is 13.7. The molecule has 5 heteroatoms. The van der Waals surface area contributed by atoms with Crippen LogP contribution in [0.25, 0.3) is 0 Å². The maximum Gasteiger partial charge on any atom is 0.147 e. The lowest BCUT2D eigenvalue weighted by molar-refractivity contribution is 1.67. The molecule has 0 fully saturated rings. The summed E-state index contributed by atoms with van der Waals surface area (Å²) in [4.78, 5) is 0. The van der Waals surface area contributed by atoms with E-state index in [2.05, 4.69) is 340 Å². The maximum atomic E-state index is 2.82. The van der Waals surface area contributed by atoms with E-state index in [1.807, 2.05) is 0 Å². The Balaban J connectivity index is 1.61. The molecule has 0 bridgehead atoms. The van der Waals surface area contributed by atoms with E-state index < -0.39 is 36.5 Å². The van der Waals surface area contributed by atoms with Gasteiger partial charge in [0.1, 0.15) is 36.5 Å². The second-order valence-corrected chi connectivity index (χ2v) is 57.0. The highest BCUT2D eigenvalue weighted by Gasteiger charge is 2.82. The summed E-state index contributed by atoms with van der Waals surface area (Å²) in [5.41, 5.74) is 0. The molecule has 0 saturated heterocycles. The molecule has 0 aromatic heterocycles. The van der Waals surface area contributed by atoms with E-state index in [1.54, 1.807) is 0 Å². The first kappa shape index (κ1) is 46.9. The van der Waals surface area contributed by atoms with Gasteiger partial charge in [0.25, 0.3) is 0 Å². The van der Waals surface area contributed by atoms with Crippen LogP contribution in [0.1, 0.15) is 0 Å². The zero-order chi connectivity index (χ0) is 48.7. The Morgan fingerprint density at radius 2 is 0.306 bits per heavy atom. The van der Waals surface area contributed by atoms with Crippen molar-refractivity contribution in [2.45, 2.75) is 6.55 Å². The minimum atomic E-state index is -3.85. The average Bonchev–Trinajstić information content (AvgIpc) is 3.48. The van der Waals surface area contributed by atoms with Crippen LogP contribution in [-0.4, -0.2) is 36.5 Å². The van der Waals surface area contributed by atoms with Gasteiger partial charge >= 0.3 is 0 Å². The number of hydrogen-bond donors (Lipinski definition) is 0. The van der Waals surface area contributed by atoms with E-state index in [1.165, 1.54) is 57.1 Å². The second kappa shape index (κ2) is 20.3. The molecule has 346 valence electrons. The van der Waals surface area contributed by atoms with Gasteiger partial charge in [-0.05, 0) is 0 Å². The molecule has 0 nitrogen and oxygen atoms in total. The highest BCUT2D eigenvalue weighted by Crippen LogP contribution is 2.40. The molecule has 0 radical (unpaired) electrons. The van der Waals surface area contributed by atoms with E-state index in [9.17, 15) is 0 Å². The summed E-state index contributed by atoms with van der Waals surface area (Å²) >= 11 is 0. The SMILES string of the molecule is C[Si](c1ccccc1)(c1ccccc1)[Si](c1ccccc1)(c1ccccc1)[Si](c1ccccc1)(c1ccccc1)[Si](c1ccccc1)(c1ccccc1)[Si](c1ccccc1)(c1ccccc1)c1ccccc1. The van der Waals surface area contributed by atoms with Crippen LogP contribution in [-0.2, 0) is 0 Å². The van der Waals surface area contributed by atoms with Crippen molar-refractivity contribution in [2.24, 2.45) is 0 Å². The van der Waals surface area contributed by atoms with Crippen LogP contribution >= 0.6 is 0 Å². The Morgan fingerprint density at radius 1 is 0.153 bits per heavy atom. The summed E-state index contributed by atoms with van der Waals surface area (Å²) < 4.78 is 0. The van der Waals surface area contributed by atoms with Gasteiger partial charge < -0.3 is 0 Å². The molecule has 11 aromatic carbocycles. The van der Waals surface area contributed by atoms with Crippen molar-refractivity contribution in [3.8, 4) is 0 Å². The Morgan fingerprint density at radius 3 is 0.514 bits per heavy atom. The highest BCUT2D eigenvalue weighted by atomic mass is 29.9. The second-order valence-electron chi connectivity index (χ2n) is 19.2. The van der Waals surface area contributed by atoms with Crippen LogP contribution in [0.2, 0.25) is 6.55 Å². The van der Waals surface area contributed by atoms with Gasteiger partial charge in [0.15, 0.2) is 0 Å². The highest BCUT2D eigenvalue weighted by molar-refractivity contribution is 8.08. The van der Waals surface area contributed by atoms with Crippen molar-refractivity contribution in [2.75, 3.05) is 0 Å². The van der Waals surface area contributed by atoms with Crippen LogP contribution in [0.4, 0.5) is 0 Å². The van der Waals surface area contributed by atoms with Crippen molar-refractivity contribution >= 4 is 93.6 Å². The Hall–Kier alpha value is -7.50. The molecule has 0 atom stereocenters. The summed E-state index contributed by atoms with van der Waals surface area (Å²) in [6, 6.07) is 133. The summed E-state index contributed by atoms with van der Waals surface area (Å²) in [5.74, 6) is 0. The molecule has 11 aromatic rings. The third kappa shape index (κ3) is 7.10. The smallest absolute Gasteiger partial charge is 0.0631 e. The summed E-state index contributed by atoms with van der Waals surface area (Å²) in [5, 5.41) is 16.2. The van der Waals surface area contributed by atoms with Crippen LogP contribution in [0, 0.1) is 0 Å². The van der Waals surface area contributed by atoms with E-state index in [-0.39, 0.29) is 0 Å². The first-order chi connectivity index (χ1) is 35.7. The van der Waals surface area contributed by atoms with Gasteiger partial charge in [-0.3, -0.25) is 0 Å². The van der Waals surface area contributed by atoms with E-state index in [4.69, 9.17) is 0 Å². The van der Waals surface area contributed by atoms with E-state index >= 15 is 0 Å². The van der Waals surface area contributed by atoms with Crippen molar-refractivity contribution in [1.29, 1.82) is 0 Å². The van der Waals surface area contributed by atoms with Crippen molar-refractivity contribution < 1.29 is 0 Å². The molecule has 0 aliphatic heterocycles. The van der Waals surface area contributed by atoms with Crippen molar-refractivity contribution in [3.05, 3.63) is 334 Å². The Labute approximate surface area is 430 Å². The van der Waals surface area contributed by atoms with Crippen molar-refractivity contribution in [1.82, 2.24) is 0 Å². The van der Waals surface area contributed by atoms with Gasteiger partial charge in [0.2, 0.25) is 0 Å². The van der Waals surface area contributed by atoms with Crippen LogP contribution in [0.15, 0.2) is 334 Å². The predicted molar refractivity (Wildman–Crippen MR) is 321 cm³/mol. The predicted octanol–water partition coefficient (Wildman–Crippen LogP) is 8.15. The molecule has 11 rings (SSSR count). The lowest BCUT2D eigenvalue weighted by Gasteiger charge is -2.67. The third-order valence-corrected chi connectivity index (χ3v) is 89.9. The molecule has 0 heterocycles. The van der Waals surface area contributed by atoms with E-state index in [0.717, 1.165) is 0 Å². The first-order valence-electron chi connectivity index (χ1n) is 25.3. The van der Waals surface area contributed by atoms with Crippen LogP contribution in [0.5, 0.6) is 0 Å². The van der Waals surface area contributed by atoms with Crippen LogP contribution in [0.3, 0.4) is 0 Å². The summed E-state index contributed by atoms with van der Waals surface area (Å²) in [6.07, 6.45) is 0. The molecular formula is C67H58Si5. The number of rotatable bonds is 15. The van der Waals surface area contributed by atoms with Gasteiger partial charge in [-0.15, -0.1) is 0 Å². The lowest BCUT2D eigenvalue weighted by atomic mass is 10.3. The molecule has 0 aliphatic carbocycles. The molecule has 0 aliphatic rings. The number of benzene rings is 11. The molecule has 0 unspecified atom stereocenters. The normalized spacial score (nSPS) is 12.2. The standard InChI is InChI=1S/C67H58Si5/c1-68(57-35-13-2-14-36-57,58-37-15-3-16-38-58)70(62-45-23-7-24-46-62,63-47-25-8-26-48-63)72(66-53-31-11-32-54-66,67-55-33-12-34-56-67)71(64-49-27-9-28-50-64,65-51-29-10-30-52-65)69(59-39-17-4-18-40-59,60-41-19-5-20-42-60)61-43-21-6-22-44-61/h2-56H,1H3. The monoisotopic (exact) mass is 1000 g/mol. The zero-order valence-corrected chi connectivity index (χ0v) is 45.8. The van der Waals surface area contributed by atoms with E-state index in [0.29, 0.717) is 0 Å². The number of hydrogen-bond acceptors (Lipinski definition) is 0. The summed E-state index contributed by atoms with van der Waals surface area (Å²) in [7, 11) is -18.2. The fourth-order valence-corrected chi connectivity index (χ4v) is 130. The molecule has 0 spiro atoms. The molecule has 0 amide bonds. The average molecular weight is 1000 g/mol. The minimum absolute atomic E-state index is 1.44. The van der Waals surface area contributed by atoms with Crippen LogP contribution < -0.4 is 57.1 Å². The largest absolute Gasteiger partial charge is 0.147 e. The van der Waals surface area contributed by atoms with Gasteiger partial charge in [-0.1, -0.05) is 397 Å². The van der Waals surface area contributed by atoms with Crippen molar-refractivity contribution in [3.63, 3.8) is 0 Å². The quantitative estimate of drug-likeness (QED) is 0.0720. The lowest BCUT2D eigenvalue weighted by Crippen LogP contribution is -3.12. The minimum Gasteiger partial charge on any atom is -0.0631 e. The Kier molecular flexibility index (Phi) is 13.2. The molecule has 0 saturated carbocycles. The third-order valence-electron chi connectivity index (χ3n) is 16.0. The van der Waals surface area contributed by atoms with Gasteiger partial charge in [0.05, 0.1) is 0 Å². The molecule has 0 N–H and O–H groups in total. The van der Waals surface area contributed by atoms with Gasteiger partial charge in [0, 0.05) is 0 Å². The summed E-state index contributed by atoms with van der Waals surface area (Å²) in [6.45, 7) is 2.82. The first-order valence-corrected chi connectivity index (χ1v) is 39.8. The zero-order valence-electron chi connectivity index (χ0n) is 40.8. The fraction of sp³-hybridized carbons (Fsp3) is 0.0149. The van der Waals surface area contributed by atoms with Gasteiger partial charge in [-0.2, -0.15) is 0 Å². The Bertz CT molecular complexity index is 3170. The topological polar surface area (TPSA) is 0 Å². The van der Waals surface area contributed by atoms with Gasteiger partial charge in [-0.25, -0.2) is 0 Å². The maximum absolute atomic E-state index is 3.85. The molecule has 72 heavy (non-hydrogen) atoms. The molecular weight excluding hydrogens is 945 g/mol.